The van der Waals surface area contributed by atoms with Crippen LogP contribution >= 0.6 is 0 Å². The minimum absolute atomic E-state index is 0.896. The zero-order valence-electron chi connectivity index (χ0n) is 7.10. The van der Waals surface area contributed by atoms with Gasteiger partial charge >= 0.3 is 0 Å². The standard InChI is InChI=1S/C10H17N/c1-3-11-4-2-9(1)10-5-8(6-10)7-10/h8-9,11H,1-7H2. The zero-order chi connectivity index (χ0) is 7.31. The Morgan fingerprint density at radius 3 is 2.09 bits per heavy atom. The predicted octanol–water partition coefficient (Wildman–Crippen LogP) is 1.79. The molecule has 1 heteroatoms. The maximum Gasteiger partial charge on any atom is -0.00461 e. The largest absolute Gasteiger partial charge is 0.317 e. The third kappa shape index (κ3) is 0.752. The van der Waals surface area contributed by atoms with E-state index >= 15 is 0 Å². The first-order valence-electron chi connectivity index (χ1n) is 5.10. The molecule has 1 saturated heterocycles. The van der Waals surface area contributed by atoms with Crippen LogP contribution in [-0.4, -0.2) is 13.1 Å². The van der Waals surface area contributed by atoms with Gasteiger partial charge in [-0.2, -0.15) is 0 Å². The van der Waals surface area contributed by atoms with Crippen molar-refractivity contribution in [1.29, 1.82) is 0 Å². The van der Waals surface area contributed by atoms with Gasteiger partial charge < -0.3 is 5.32 Å². The first-order chi connectivity index (χ1) is 5.39. The summed E-state index contributed by atoms with van der Waals surface area (Å²) >= 11 is 0. The maximum atomic E-state index is 3.45. The molecule has 4 aliphatic rings. The summed E-state index contributed by atoms with van der Waals surface area (Å²) in [5.41, 5.74) is 0.896. The van der Waals surface area contributed by atoms with E-state index in [0.29, 0.717) is 0 Å². The van der Waals surface area contributed by atoms with Crippen LogP contribution in [0.1, 0.15) is 32.1 Å². The Morgan fingerprint density at radius 2 is 1.64 bits per heavy atom. The van der Waals surface area contributed by atoms with Crippen molar-refractivity contribution in [3.8, 4) is 0 Å². The minimum atomic E-state index is 0.896. The van der Waals surface area contributed by atoms with E-state index < -0.39 is 0 Å². The number of nitrogens with one attached hydrogen (secondary N) is 1. The molecule has 0 spiro atoms. The van der Waals surface area contributed by atoms with Crippen LogP contribution in [0.15, 0.2) is 0 Å². The van der Waals surface area contributed by atoms with Crippen LogP contribution in [0.5, 0.6) is 0 Å². The van der Waals surface area contributed by atoms with E-state index in [-0.39, 0.29) is 0 Å². The lowest BCUT2D eigenvalue weighted by Gasteiger charge is -2.66. The molecule has 3 aliphatic carbocycles. The van der Waals surface area contributed by atoms with Crippen molar-refractivity contribution < 1.29 is 0 Å². The lowest BCUT2D eigenvalue weighted by molar-refractivity contribution is -0.157. The lowest BCUT2D eigenvalue weighted by Crippen LogP contribution is -2.57. The van der Waals surface area contributed by atoms with Gasteiger partial charge in [0.1, 0.15) is 0 Å². The van der Waals surface area contributed by atoms with Crippen molar-refractivity contribution in [2.24, 2.45) is 17.3 Å². The SMILES string of the molecule is C1CC(C23CC(C2)C3)CCN1. The van der Waals surface area contributed by atoms with Gasteiger partial charge in [0.2, 0.25) is 0 Å². The molecule has 0 aromatic carbocycles. The summed E-state index contributed by atoms with van der Waals surface area (Å²) in [4.78, 5) is 0. The van der Waals surface area contributed by atoms with Gasteiger partial charge in [-0.3, -0.25) is 0 Å². The van der Waals surface area contributed by atoms with E-state index in [4.69, 9.17) is 0 Å². The molecule has 4 fully saturated rings. The number of hydrogen-bond acceptors (Lipinski definition) is 1. The molecule has 4 rings (SSSR count). The molecule has 0 aromatic heterocycles. The molecule has 1 N–H and O–H groups in total. The molecule has 11 heavy (non-hydrogen) atoms. The highest BCUT2D eigenvalue weighted by Crippen LogP contribution is 2.69. The van der Waals surface area contributed by atoms with Crippen LogP contribution in [0.4, 0.5) is 0 Å². The highest BCUT2D eigenvalue weighted by Gasteiger charge is 2.59. The second kappa shape index (κ2) is 2.01. The highest BCUT2D eigenvalue weighted by atomic mass is 14.9. The predicted molar refractivity (Wildman–Crippen MR) is 45.4 cm³/mol. The fourth-order valence-corrected chi connectivity index (χ4v) is 3.48. The lowest BCUT2D eigenvalue weighted by atomic mass is 9.39. The topological polar surface area (TPSA) is 12.0 Å². The Labute approximate surface area is 68.6 Å². The van der Waals surface area contributed by atoms with Crippen LogP contribution in [-0.2, 0) is 0 Å². The van der Waals surface area contributed by atoms with Gasteiger partial charge in [0.05, 0.1) is 0 Å². The van der Waals surface area contributed by atoms with Crippen molar-refractivity contribution in [2.75, 3.05) is 13.1 Å². The first kappa shape index (κ1) is 6.47. The van der Waals surface area contributed by atoms with E-state index in [2.05, 4.69) is 5.32 Å². The molecule has 0 aromatic rings. The molecule has 2 bridgehead atoms. The molecule has 3 saturated carbocycles. The fraction of sp³-hybridized carbons (Fsp3) is 1.00. The molecule has 0 unspecified atom stereocenters. The van der Waals surface area contributed by atoms with Crippen molar-refractivity contribution >= 4 is 0 Å². The van der Waals surface area contributed by atoms with Gasteiger partial charge in [0.15, 0.2) is 0 Å². The van der Waals surface area contributed by atoms with Crippen molar-refractivity contribution in [1.82, 2.24) is 5.32 Å². The van der Waals surface area contributed by atoms with Crippen LogP contribution in [0.2, 0.25) is 0 Å². The van der Waals surface area contributed by atoms with Gasteiger partial charge in [-0.05, 0) is 62.4 Å². The Balaban J connectivity index is 1.68. The second-order valence-corrected chi connectivity index (χ2v) is 4.87. The molecular formula is C10H17N. The van der Waals surface area contributed by atoms with E-state index in [1.54, 1.807) is 19.3 Å². The second-order valence-electron chi connectivity index (χ2n) is 4.87. The monoisotopic (exact) mass is 151 g/mol. The number of piperidine rings is 1. The summed E-state index contributed by atoms with van der Waals surface area (Å²) in [6.45, 7) is 2.58. The molecule has 0 atom stereocenters. The summed E-state index contributed by atoms with van der Waals surface area (Å²) < 4.78 is 0. The van der Waals surface area contributed by atoms with E-state index in [0.717, 1.165) is 11.3 Å². The normalized spacial score (nSPS) is 49.6. The summed E-state index contributed by atoms with van der Waals surface area (Å²) in [6.07, 6.45) is 7.71. The van der Waals surface area contributed by atoms with Crippen molar-refractivity contribution in [3.05, 3.63) is 0 Å². The van der Waals surface area contributed by atoms with Crippen molar-refractivity contribution in [2.45, 2.75) is 32.1 Å². The van der Waals surface area contributed by atoms with Gasteiger partial charge in [-0.1, -0.05) is 0 Å². The maximum absolute atomic E-state index is 3.45. The van der Waals surface area contributed by atoms with Crippen LogP contribution in [0.25, 0.3) is 0 Å². The minimum Gasteiger partial charge on any atom is -0.317 e. The number of hydrogen-bond donors (Lipinski definition) is 1. The Bertz CT molecular complexity index is 153. The van der Waals surface area contributed by atoms with Crippen LogP contribution in [0, 0.1) is 17.3 Å². The summed E-state index contributed by atoms with van der Waals surface area (Å²) in [5.74, 6) is 2.28. The third-order valence-corrected chi connectivity index (χ3v) is 4.29. The van der Waals surface area contributed by atoms with Gasteiger partial charge in [0.25, 0.3) is 0 Å². The molecule has 0 amide bonds. The van der Waals surface area contributed by atoms with Gasteiger partial charge in [-0.15, -0.1) is 0 Å². The molecule has 0 radical (unpaired) electrons. The Kier molecular flexibility index (Phi) is 1.18. The molecule has 1 aliphatic heterocycles. The zero-order valence-corrected chi connectivity index (χ0v) is 7.10. The first-order valence-corrected chi connectivity index (χ1v) is 5.10. The van der Waals surface area contributed by atoms with Crippen LogP contribution in [0.3, 0.4) is 0 Å². The van der Waals surface area contributed by atoms with Gasteiger partial charge in [0, 0.05) is 0 Å². The quantitative estimate of drug-likeness (QED) is 0.602. The smallest absolute Gasteiger partial charge is 0.00461 e. The average Bonchev–Trinajstić information content (AvgIpc) is 1.83. The Hall–Kier alpha value is -0.0400. The van der Waals surface area contributed by atoms with E-state index in [1.165, 1.54) is 31.8 Å². The highest BCUT2D eigenvalue weighted by molar-refractivity contribution is 5.10. The van der Waals surface area contributed by atoms with Gasteiger partial charge in [-0.25, -0.2) is 0 Å². The third-order valence-electron chi connectivity index (χ3n) is 4.29. The van der Waals surface area contributed by atoms with E-state index in [1.807, 2.05) is 0 Å². The summed E-state index contributed by atoms with van der Waals surface area (Å²) in [7, 11) is 0. The Morgan fingerprint density at radius 1 is 1.00 bits per heavy atom. The van der Waals surface area contributed by atoms with Crippen molar-refractivity contribution in [3.63, 3.8) is 0 Å². The molecule has 1 heterocycles. The fourth-order valence-electron chi connectivity index (χ4n) is 3.48. The summed E-state index contributed by atoms with van der Waals surface area (Å²) in [5, 5.41) is 3.45. The summed E-state index contributed by atoms with van der Waals surface area (Å²) in [6, 6.07) is 0. The molecule has 1 nitrogen and oxygen atoms in total. The average molecular weight is 151 g/mol. The number of rotatable bonds is 1. The molecular weight excluding hydrogens is 134 g/mol. The van der Waals surface area contributed by atoms with E-state index in [9.17, 15) is 0 Å². The molecule has 62 valence electrons. The van der Waals surface area contributed by atoms with Crippen LogP contribution < -0.4 is 5.32 Å².